The number of rotatable bonds is 7. The van der Waals surface area contributed by atoms with Crippen molar-refractivity contribution in [3.63, 3.8) is 0 Å². The Morgan fingerprint density at radius 1 is 0.865 bits per heavy atom. The molecule has 1 N–H and O–H groups in total. The molecule has 0 aromatic heterocycles. The minimum absolute atomic E-state index is 0.143. The SMILES string of the molecule is CCCCC[C@@H]1CCCCCCCCCCCC(=O)O[C@H]2[C@H](O1)O[C@H](CO)[C@@H](OC(C)=O)[C@@H]2OC(C)=O. The third-order valence-corrected chi connectivity index (χ3v) is 7.01. The number of carbonyl (C=O) groups excluding carboxylic acids is 3. The average Bonchev–Trinajstić information content (AvgIpc) is 2.84. The van der Waals surface area contributed by atoms with Crippen LogP contribution in [-0.4, -0.2) is 66.4 Å². The van der Waals surface area contributed by atoms with Crippen LogP contribution >= 0.6 is 0 Å². The molecule has 0 bridgehead atoms. The quantitative estimate of drug-likeness (QED) is 0.284. The van der Waals surface area contributed by atoms with E-state index >= 15 is 0 Å². The van der Waals surface area contributed by atoms with Gasteiger partial charge in [-0.3, -0.25) is 14.4 Å². The van der Waals surface area contributed by atoms with Crippen molar-refractivity contribution in [2.75, 3.05) is 6.61 Å². The number of aliphatic hydroxyl groups excluding tert-OH is 1. The summed E-state index contributed by atoms with van der Waals surface area (Å²) in [7, 11) is 0. The third kappa shape index (κ3) is 11.7. The highest BCUT2D eigenvalue weighted by Gasteiger charge is 2.52. The fourth-order valence-electron chi connectivity index (χ4n) is 5.10. The van der Waals surface area contributed by atoms with E-state index in [-0.39, 0.29) is 12.5 Å². The summed E-state index contributed by atoms with van der Waals surface area (Å²) in [6.45, 7) is 4.11. The molecule has 2 fully saturated rings. The van der Waals surface area contributed by atoms with Gasteiger partial charge >= 0.3 is 17.9 Å². The Morgan fingerprint density at radius 3 is 2.05 bits per heavy atom. The summed E-state index contributed by atoms with van der Waals surface area (Å²) in [6, 6.07) is 0. The summed E-state index contributed by atoms with van der Waals surface area (Å²) < 4.78 is 29.3. The van der Waals surface area contributed by atoms with Crippen LogP contribution in [0.4, 0.5) is 0 Å². The van der Waals surface area contributed by atoms with E-state index in [2.05, 4.69) is 6.92 Å². The third-order valence-electron chi connectivity index (χ3n) is 7.01. The molecular formula is C28H48O9. The molecule has 2 saturated heterocycles. The highest BCUT2D eigenvalue weighted by atomic mass is 16.7. The van der Waals surface area contributed by atoms with Crippen LogP contribution in [0.25, 0.3) is 0 Å². The Morgan fingerprint density at radius 2 is 1.46 bits per heavy atom. The second-order valence-electron chi connectivity index (χ2n) is 10.3. The van der Waals surface area contributed by atoms with Crippen LogP contribution in [-0.2, 0) is 38.1 Å². The summed E-state index contributed by atoms with van der Waals surface area (Å²) in [5.41, 5.74) is 0. The molecule has 0 aromatic carbocycles. The van der Waals surface area contributed by atoms with Gasteiger partial charge in [0.1, 0.15) is 6.10 Å². The first-order chi connectivity index (χ1) is 17.8. The van der Waals surface area contributed by atoms with Crippen LogP contribution in [0.2, 0.25) is 0 Å². The van der Waals surface area contributed by atoms with E-state index < -0.39 is 55.2 Å². The fraction of sp³-hybridized carbons (Fsp3) is 0.893. The fourth-order valence-corrected chi connectivity index (χ4v) is 5.10. The molecule has 0 saturated carbocycles. The van der Waals surface area contributed by atoms with Crippen molar-refractivity contribution in [3.05, 3.63) is 0 Å². The molecule has 0 aliphatic carbocycles. The van der Waals surface area contributed by atoms with Crippen LogP contribution in [0.1, 0.15) is 117 Å². The van der Waals surface area contributed by atoms with Crippen molar-refractivity contribution in [1.82, 2.24) is 0 Å². The number of aliphatic hydroxyl groups is 1. The highest BCUT2D eigenvalue weighted by molar-refractivity contribution is 5.70. The van der Waals surface area contributed by atoms with Gasteiger partial charge in [0.25, 0.3) is 0 Å². The van der Waals surface area contributed by atoms with Crippen LogP contribution in [0, 0.1) is 0 Å². The van der Waals surface area contributed by atoms with Gasteiger partial charge in [-0.25, -0.2) is 0 Å². The average molecular weight is 529 g/mol. The smallest absolute Gasteiger partial charge is 0.306 e. The normalized spacial score (nSPS) is 30.9. The summed E-state index contributed by atoms with van der Waals surface area (Å²) in [4.78, 5) is 36.8. The van der Waals surface area contributed by atoms with Crippen molar-refractivity contribution in [2.24, 2.45) is 0 Å². The number of fused-ring (bicyclic) bond motifs is 1. The topological polar surface area (TPSA) is 118 Å². The van der Waals surface area contributed by atoms with Crippen LogP contribution < -0.4 is 0 Å². The number of ether oxygens (including phenoxy) is 5. The molecule has 214 valence electrons. The predicted octanol–water partition coefficient (Wildman–Crippen LogP) is 4.75. The summed E-state index contributed by atoms with van der Waals surface area (Å²) in [5.74, 6) is -1.70. The Balaban J connectivity index is 2.34. The van der Waals surface area contributed by atoms with E-state index in [0.29, 0.717) is 6.42 Å². The Labute approximate surface area is 221 Å². The number of carbonyl (C=O) groups is 3. The lowest BCUT2D eigenvalue weighted by atomic mass is 9.97. The maximum atomic E-state index is 12.9. The predicted molar refractivity (Wildman–Crippen MR) is 137 cm³/mol. The molecule has 9 nitrogen and oxygen atoms in total. The van der Waals surface area contributed by atoms with E-state index in [1.807, 2.05) is 0 Å². The van der Waals surface area contributed by atoms with E-state index in [1.54, 1.807) is 0 Å². The van der Waals surface area contributed by atoms with Crippen LogP contribution in [0.3, 0.4) is 0 Å². The number of hydrogen-bond donors (Lipinski definition) is 1. The van der Waals surface area contributed by atoms with Gasteiger partial charge in [-0.2, -0.15) is 0 Å². The molecule has 0 radical (unpaired) electrons. The molecule has 0 amide bonds. The number of hydrogen-bond acceptors (Lipinski definition) is 9. The summed E-state index contributed by atoms with van der Waals surface area (Å²) >= 11 is 0. The molecule has 0 spiro atoms. The monoisotopic (exact) mass is 528 g/mol. The maximum Gasteiger partial charge on any atom is 0.306 e. The molecule has 0 aromatic rings. The second kappa shape index (κ2) is 17.7. The van der Waals surface area contributed by atoms with Crippen LogP contribution in [0.15, 0.2) is 0 Å². The van der Waals surface area contributed by atoms with Gasteiger partial charge in [-0.05, 0) is 19.3 Å². The van der Waals surface area contributed by atoms with E-state index in [1.165, 1.54) is 33.1 Å². The standard InChI is InChI=1S/C28H48O9/c1-4-5-13-16-22-17-14-11-9-7-6-8-10-12-15-18-24(32)37-27-26(34-21(3)31)25(33-20(2)30)23(19-29)36-28(27)35-22/h22-23,25-29H,4-19H2,1-3H3/t22-,23-,25-,26+,27-,28-/m1/s1. The van der Waals surface area contributed by atoms with Gasteiger partial charge in [-0.15, -0.1) is 0 Å². The zero-order chi connectivity index (χ0) is 27.0. The summed E-state index contributed by atoms with van der Waals surface area (Å²) in [6.07, 6.45) is 9.01. The molecular weight excluding hydrogens is 480 g/mol. The Bertz CT molecular complexity index is 683. The van der Waals surface area contributed by atoms with Gasteiger partial charge in [0.15, 0.2) is 24.6 Å². The molecule has 6 atom stereocenters. The molecule has 2 heterocycles. The zero-order valence-corrected chi connectivity index (χ0v) is 23.0. The minimum Gasteiger partial charge on any atom is -0.456 e. The maximum absolute atomic E-state index is 12.9. The van der Waals surface area contributed by atoms with E-state index in [0.717, 1.165) is 64.2 Å². The van der Waals surface area contributed by atoms with Gasteiger partial charge in [0.2, 0.25) is 0 Å². The second-order valence-corrected chi connectivity index (χ2v) is 10.3. The zero-order valence-electron chi connectivity index (χ0n) is 23.0. The lowest BCUT2D eigenvalue weighted by Gasteiger charge is -2.44. The van der Waals surface area contributed by atoms with Crippen molar-refractivity contribution >= 4 is 17.9 Å². The number of unbranched alkanes of at least 4 members (excludes halogenated alkanes) is 2. The van der Waals surface area contributed by atoms with Gasteiger partial charge in [0, 0.05) is 20.3 Å². The largest absolute Gasteiger partial charge is 0.456 e. The summed E-state index contributed by atoms with van der Waals surface area (Å²) in [5, 5.41) is 10.0. The first-order valence-electron chi connectivity index (χ1n) is 14.3. The van der Waals surface area contributed by atoms with Gasteiger partial charge in [-0.1, -0.05) is 77.6 Å². The highest BCUT2D eigenvalue weighted by Crippen LogP contribution is 2.32. The van der Waals surface area contributed by atoms with Crippen molar-refractivity contribution < 1.29 is 43.2 Å². The van der Waals surface area contributed by atoms with Crippen molar-refractivity contribution in [1.29, 1.82) is 0 Å². The molecule has 2 aliphatic rings. The lowest BCUT2D eigenvalue weighted by molar-refractivity contribution is -0.317. The first kappa shape index (κ1) is 31.5. The minimum atomic E-state index is -1.17. The molecule has 9 heteroatoms. The van der Waals surface area contributed by atoms with Crippen molar-refractivity contribution in [2.45, 2.75) is 154 Å². The molecule has 0 unspecified atom stereocenters. The molecule has 2 rings (SSSR count). The van der Waals surface area contributed by atoms with E-state index in [4.69, 9.17) is 23.7 Å². The Kier molecular flexibility index (Phi) is 15.1. The first-order valence-corrected chi connectivity index (χ1v) is 14.3. The molecule has 37 heavy (non-hydrogen) atoms. The lowest BCUT2D eigenvalue weighted by Crippen LogP contribution is -2.63. The Hall–Kier alpha value is -1.71. The molecule has 2 aliphatic heterocycles. The van der Waals surface area contributed by atoms with Crippen LogP contribution in [0.5, 0.6) is 0 Å². The van der Waals surface area contributed by atoms with E-state index in [9.17, 15) is 19.5 Å². The van der Waals surface area contributed by atoms with Gasteiger partial charge in [0.05, 0.1) is 12.7 Å². The number of esters is 3. The van der Waals surface area contributed by atoms with Crippen molar-refractivity contribution in [3.8, 4) is 0 Å². The van der Waals surface area contributed by atoms with Gasteiger partial charge < -0.3 is 28.8 Å².